The molecule has 0 bridgehead atoms. The molecule has 12 heteroatoms. The van der Waals surface area contributed by atoms with Crippen molar-refractivity contribution in [2.45, 2.75) is 12.7 Å². The van der Waals surface area contributed by atoms with E-state index in [1.165, 1.54) is 24.5 Å². The van der Waals surface area contributed by atoms with Gasteiger partial charge < -0.3 is 15.2 Å². The summed E-state index contributed by atoms with van der Waals surface area (Å²) in [4.78, 5) is 24.8. The minimum Gasteiger partial charge on any atom is -0.345 e. The highest BCUT2D eigenvalue weighted by molar-refractivity contribution is 6.39. The second-order valence-electron chi connectivity index (χ2n) is 6.95. The predicted octanol–water partition coefficient (Wildman–Crippen LogP) is 5.36. The van der Waals surface area contributed by atoms with E-state index in [2.05, 4.69) is 25.6 Å². The van der Waals surface area contributed by atoms with Crippen molar-refractivity contribution in [1.82, 2.24) is 24.8 Å². The first-order valence-corrected chi connectivity index (χ1v) is 10.2. The molecule has 4 rings (SSSR count). The molecule has 0 aliphatic heterocycles. The Balaban J connectivity index is 1.56. The maximum Gasteiger partial charge on any atom is 0.418 e. The van der Waals surface area contributed by atoms with E-state index in [9.17, 15) is 18.0 Å². The molecule has 0 atom stereocenters. The zero-order valence-corrected chi connectivity index (χ0v) is 18.4. The van der Waals surface area contributed by atoms with Gasteiger partial charge in [0, 0.05) is 13.2 Å². The number of halogens is 5. The van der Waals surface area contributed by atoms with Crippen LogP contribution in [0.4, 0.5) is 24.8 Å². The number of aryl methyl sites for hydroxylation is 1. The Hall–Kier alpha value is -3.37. The molecule has 1 amide bonds. The summed E-state index contributed by atoms with van der Waals surface area (Å²) in [7, 11) is 1.74. The Morgan fingerprint density at radius 1 is 1.12 bits per heavy atom. The second kappa shape index (κ2) is 8.87. The average molecular weight is 495 g/mol. The van der Waals surface area contributed by atoms with Crippen LogP contribution in [0, 0.1) is 0 Å². The summed E-state index contributed by atoms with van der Waals surface area (Å²) in [6.07, 6.45) is -1.90. The van der Waals surface area contributed by atoms with E-state index >= 15 is 0 Å². The largest absolute Gasteiger partial charge is 0.418 e. The number of anilines is 2. The second-order valence-corrected chi connectivity index (χ2v) is 7.77. The summed E-state index contributed by atoms with van der Waals surface area (Å²) in [5, 5.41) is 6.28. The van der Waals surface area contributed by atoms with Crippen molar-refractivity contribution >= 4 is 51.8 Å². The third kappa shape index (κ3) is 4.71. The van der Waals surface area contributed by atoms with Crippen molar-refractivity contribution < 1.29 is 18.0 Å². The molecule has 1 aromatic carbocycles. The maximum atomic E-state index is 13.1. The first-order valence-electron chi connectivity index (χ1n) is 9.48. The van der Waals surface area contributed by atoms with Gasteiger partial charge >= 0.3 is 6.18 Å². The number of rotatable bonds is 5. The van der Waals surface area contributed by atoms with E-state index in [1.807, 2.05) is 0 Å². The minimum atomic E-state index is -4.58. The summed E-state index contributed by atoms with van der Waals surface area (Å²) in [5.74, 6) is -0.257. The van der Waals surface area contributed by atoms with Gasteiger partial charge in [-0.15, -0.1) is 0 Å². The molecule has 4 aromatic rings. The number of alkyl halides is 3. The first kappa shape index (κ1) is 22.8. The molecule has 0 aliphatic rings. The van der Waals surface area contributed by atoms with Crippen LogP contribution in [0.1, 0.15) is 21.7 Å². The van der Waals surface area contributed by atoms with Crippen molar-refractivity contribution in [3.8, 4) is 0 Å². The summed E-state index contributed by atoms with van der Waals surface area (Å²) in [5.41, 5.74) is 0.319. The van der Waals surface area contributed by atoms with Crippen LogP contribution in [0.3, 0.4) is 0 Å². The van der Waals surface area contributed by atoms with E-state index in [0.717, 1.165) is 6.07 Å². The third-order valence-corrected chi connectivity index (χ3v) is 5.44. The lowest BCUT2D eigenvalue weighted by atomic mass is 10.2. The van der Waals surface area contributed by atoms with Crippen LogP contribution < -0.4 is 10.6 Å². The number of carbonyl (C=O) groups excluding carboxylic acids is 1. The van der Waals surface area contributed by atoms with E-state index in [4.69, 9.17) is 23.2 Å². The molecule has 2 N–H and O–H groups in total. The van der Waals surface area contributed by atoms with Crippen molar-refractivity contribution in [3.63, 3.8) is 0 Å². The van der Waals surface area contributed by atoms with E-state index in [1.54, 1.807) is 29.8 Å². The third-order valence-electron chi connectivity index (χ3n) is 4.81. The summed E-state index contributed by atoms with van der Waals surface area (Å²) in [6.45, 7) is -0.408. The van der Waals surface area contributed by atoms with Crippen molar-refractivity contribution in [2.75, 3.05) is 5.32 Å². The van der Waals surface area contributed by atoms with Gasteiger partial charge in [0.15, 0.2) is 0 Å². The number of nitrogens with zero attached hydrogens (tertiary/aromatic N) is 4. The number of pyridine rings is 2. The van der Waals surface area contributed by atoms with Gasteiger partial charge in [0.1, 0.15) is 5.69 Å². The van der Waals surface area contributed by atoms with Gasteiger partial charge in [0.25, 0.3) is 5.91 Å². The van der Waals surface area contributed by atoms with E-state index in [-0.39, 0.29) is 11.4 Å². The highest BCUT2D eigenvalue weighted by Gasteiger charge is 2.33. The molecule has 0 saturated heterocycles. The average Bonchev–Trinajstić information content (AvgIpc) is 3.09. The van der Waals surface area contributed by atoms with E-state index in [0.29, 0.717) is 32.7 Å². The molecule has 3 aromatic heterocycles. The molecule has 0 radical (unpaired) electrons. The molecule has 3 heterocycles. The molecule has 0 aliphatic carbocycles. The normalized spacial score (nSPS) is 11.6. The van der Waals surface area contributed by atoms with Gasteiger partial charge in [0.05, 0.1) is 50.8 Å². The van der Waals surface area contributed by atoms with Gasteiger partial charge in [-0.1, -0.05) is 29.3 Å². The zero-order chi connectivity index (χ0) is 23.8. The number of fused-ring (bicyclic) bond motifs is 1. The first-order chi connectivity index (χ1) is 15.6. The number of carbonyl (C=O) groups is 1. The Morgan fingerprint density at radius 2 is 1.85 bits per heavy atom. The van der Waals surface area contributed by atoms with Crippen molar-refractivity contribution in [2.24, 2.45) is 7.05 Å². The van der Waals surface area contributed by atoms with Crippen LogP contribution in [0.25, 0.3) is 11.0 Å². The standard InChI is InChI=1S/C21H15Cl2F3N6O/c1-32-17-10-28-15(19(33)29-9-16-11(21(24,25)26)4-3-7-27-16)8-14(17)30-20(32)31-18-12(22)5-2-6-13(18)23/h2-8,10H,9H2,1H3,(H,29,33)(H,30,31). The quantitative estimate of drug-likeness (QED) is 0.390. The Bertz CT molecular complexity index is 1340. The topological polar surface area (TPSA) is 84.7 Å². The number of aromatic nitrogens is 4. The lowest BCUT2D eigenvalue weighted by Gasteiger charge is -2.12. The van der Waals surface area contributed by atoms with Crippen molar-refractivity contribution in [1.29, 1.82) is 0 Å². The molecule has 0 unspecified atom stereocenters. The fourth-order valence-corrected chi connectivity index (χ4v) is 3.64. The monoisotopic (exact) mass is 494 g/mol. The van der Waals surface area contributed by atoms with Gasteiger partial charge in [-0.05, 0) is 30.3 Å². The summed E-state index contributed by atoms with van der Waals surface area (Å²) >= 11 is 12.4. The fraction of sp³-hybridized carbons (Fsp3) is 0.143. The maximum absolute atomic E-state index is 13.1. The van der Waals surface area contributed by atoms with Crippen LogP contribution in [-0.4, -0.2) is 25.4 Å². The number of nitrogens with one attached hydrogen (secondary N) is 2. The summed E-state index contributed by atoms with van der Waals surface area (Å²) in [6, 6.07) is 8.59. The molecular formula is C21H15Cl2F3N6O. The smallest absolute Gasteiger partial charge is 0.345 e. The molecule has 7 nitrogen and oxygen atoms in total. The Morgan fingerprint density at radius 3 is 2.55 bits per heavy atom. The molecule has 0 spiro atoms. The number of benzene rings is 1. The number of amides is 1. The molecular weight excluding hydrogens is 480 g/mol. The lowest BCUT2D eigenvalue weighted by molar-refractivity contribution is -0.138. The van der Waals surface area contributed by atoms with Gasteiger partial charge in [-0.3, -0.25) is 9.78 Å². The van der Waals surface area contributed by atoms with Gasteiger partial charge in [-0.25, -0.2) is 9.97 Å². The number of imidazole rings is 1. The lowest BCUT2D eigenvalue weighted by Crippen LogP contribution is -2.26. The fourth-order valence-electron chi connectivity index (χ4n) is 3.15. The van der Waals surface area contributed by atoms with Gasteiger partial charge in [0.2, 0.25) is 5.95 Å². The predicted molar refractivity (Wildman–Crippen MR) is 119 cm³/mol. The van der Waals surface area contributed by atoms with Crippen LogP contribution in [0.2, 0.25) is 10.0 Å². The SMILES string of the molecule is Cn1c(Nc2c(Cl)cccc2Cl)nc2cc(C(=O)NCc3ncccc3C(F)(F)F)ncc21. The minimum absolute atomic E-state index is 0.00702. The van der Waals surface area contributed by atoms with Gasteiger partial charge in [-0.2, -0.15) is 13.2 Å². The van der Waals surface area contributed by atoms with Crippen LogP contribution in [-0.2, 0) is 19.8 Å². The number of hydrogen-bond acceptors (Lipinski definition) is 5. The number of hydrogen-bond donors (Lipinski definition) is 2. The Labute approximate surface area is 195 Å². The molecule has 170 valence electrons. The van der Waals surface area contributed by atoms with Crippen LogP contribution in [0.15, 0.2) is 48.8 Å². The Kier molecular flexibility index (Phi) is 6.13. The van der Waals surface area contributed by atoms with Crippen molar-refractivity contribution in [3.05, 3.63) is 75.8 Å². The van der Waals surface area contributed by atoms with E-state index < -0.39 is 24.2 Å². The molecule has 33 heavy (non-hydrogen) atoms. The highest BCUT2D eigenvalue weighted by Crippen LogP contribution is 2.33. The van der Waals surface area contributed by atoms with Crippen LogP contribution in [0.5, 0.6) is 0 Å². The molecule has 0 fully saturated rings. The number of para-hydroxylation sites is 1. The van der Waals surface area contributed by atoms with Crippen LogP contribution >= 0.6 is 23.2 Å². The zero-order valence-electron chi connectivity index (χ0n) is 16.9. The molecule has 0 saturated carbocycles. The highest BCUT2D eigenvalue weighted by atomic mass is 35.5. The summed E-state index contributed by atoms with van der Waals surface area (Å²) < 4.78 is 41.1.